The van der Waals surface area contributed by atoms with Crippen LogP contribution in [0.4, 0.5) is 4.39 Å². The van der Waals surface area contributed by atoms with Crippen molar-refractivity contribution in [3.63, 3.8) is 0 Å². The second-order valence-electron chi connectivity index (χ2n) is 2.50. The Morgan fingerprint density at radius 1 is 1.50 bits per heavy atom. The van der Waals surface area contributed by atoms with E-state index in [-0.39, 0.29) is 5.56 Å². The molecule has 0 aliphatic carbocycles. The minimum atomic E-state index is -3.01. The van der Waals surface area contributed by atoms with Crippen LogP contribution in [0.2, 0.25) is 0 Å². The first-order valence-electron chi connectivity index (χ1n) is 3.30. The number of hydrogen-bond acceptors (Lipinski definition) is 1. The molecule has 12 heavy (non-hydrogen) atoms. The Morgan fingerprint density at radius 3 is 2.58 bits per heavy atom. The van der Waals surface area contributed by atoms with Crippen LogP contribution in [0.3, 0.4) is 0 Å². The molecule has 0 saturated heterocycles. The van der Waals surface area contributed by atoms with Gasteiger partial charge in [0.2, 0.25) is 0 Å². The molecule has 1 rings (SSSR count). The zero-order valence-electron chi connectivity index (χ0n) is 6.53. The SMILES string of the molecule is CS(=O)(O)=Cc1ccccc1F. The average Bonchev–Trinajstić information content (AvgIpc) is 1.91. The molecule has 0 aliphatic rings. The van der Waals surface area contributed by atoms with Crippen molar-refractivity contribution in [1.82, 2.24) is 0 Å². The van der Waals surface area contributed by atoms with E-state index in [1.807, 2.05) is 0 Å². The fourth-order valence-electron chi connectivity index (χ4n) is 0.806. The predicted molar refractivity (Wildman–Crippen MR) is 48.3 cm³/mol. The van der Waals surface area contributed by atoms with E-state index in [4.69, 9.17) is 4.55 Å². The number of benzene rings is 1. The van der Waals surface area contributed by atoms with E-state index < -0.39 is 15.6 Å². The Bertz CT molecular complexity index is 384. The van der Waals surface area contributed by atoms with Crippen molar-refractivity contribution < 1.29 is 13.2 Å². The summed E-state index contributed by atoms with van der Waals surface area (Å²) in [6.07, 6.45) is 1.14. The maximum Gasteiger partial charge on any atom is 0.131 e. The van der Waals surface area contributed by atoms with E-state index in [1.165, 1.54) is 18.2 Å². The quantitative estimate of drug-likeness (QED) is 0.676. The van der Waals surface area contributed by atoms with Crippen molar-refractivity contribution in [2.45, 2.75) is 0 Å². The number of halogens is 1. The molecular weight excluding hydrogens is 179 g/mol. The lowest BCUT2D eigenvalue weighted by molar-refractivity contribution is 0.566. The van der Waals surface area contributed by atoms with Gasteiger partial charge < -0.3 is 4.55 Å². The molecule has 0 amide bonds. The summed E-state index contributed by atoms with van der Waals surface area (Å²) < 4.78 is 32.6. The van der Waals surface area contributed by atoms with Crippen LogP contribution in [0, 0.1) is 5.82 Å². The Hall–Kier alpha value is -0.870. The van der Waals surface area contributed by atoms with Crippen LogP contribution >= 0.6 is 0 Å². The van der Waals surface area contributed by atoms with Crippen LogP contribution in [0.15, 0.2) is 24.3 Å². The normalized spacial score (nSPS) is 15.2. The largest absolute Gasteiger partial charge is 0.314 e. The summed E-state index contributed by atoms with van der Waals surface area (Å²) in [6, 6.07) is 5.84. The summed E-state index contributed by atoms with van der Waals surface area (Å²) >= 11 is 0. The fraction of sp³-hybridized carbons (Fsp3) is 0.125. The molecule has 2 nitrogen and oxygen atoms in total. The van der Waals surface area contributed by atoms with Crippen molar-refractivity contribution in [3.05, 3.63) is 35.6 Å². The molecule has 0 heterocycles. The van der Waals surface area contributed by atoms with E-state index in [2.05, 4.69) is 0 Å². The Labute approximate surface area is 70.9 Å². The highest BCUT2D eigenvalue weighted by molar-refractivity contribution is 7.95. The van der Waals surface area contributed by atoms with Crippen molar-refractivity contribution in [2.24, 2.45) is 0 Å². The molecule has 1 unspecified atom stereocenters. The highest BCUT2D eigenvalue weighted by atomic mass is 32.2. The van der Waals surface area contributed by atoms with Gasteiger partial charge in [-0.25, -0.2) is 8.60 Å². The summed E-state index contributed by atoms with van der Waals surface area (Å²) in [7, 11) is -3.01. The summed E-state index contributed by atoms with van der Waals surface area (Å²) in [6.45, 7) is 0. The lowest BCUT2D eigenvalue weighted by Gasteiger charge is -1.96. The van der Waals surface area contributed by atoms with E-state index >= 15 is 0 Å². The molecule has 66 valence electrons. The van der Waals surface area contributed by atoms with Gasteiger partial charge in [-0.15, -0.1) is 0 Å². The molecule has 0 fully saturated rings. The highest BCUT2D eigenvalue weighted by Crippen LogP contribution is 2.03. The van der Waals surface area contributed by atoms with Crippen molar-refractivity contribution in [2.75, 3.05) is 6.26 Å². The third-order valence-corrected chi connectivity index (χ3v) is 1.94. The molecule has 1 aromatic rings. The van der Waals surface area contributed by atoms with E-state index in [1.54, 1.807) is 6.07 Å². The van der Waals surface area contributed by atoms with Gasteiger partial charge >= 0.3 is 0 Å². The van der Waals surface area contributed by atoms with Crippen LogP contribution in [0.5, 0.6) is 0 Å². The molecule has 0 radical (unpaired) electrons. The summed E-state index contributed by atoms with van der Waals surface area (Å²) in [5.41, 5.74) is 0.160. The fourth-order valence-corrected chi connectivity index (χ4v) is 1.47. The lowest BCUT2D eigenvalue weighted by atomic mass is 10.2. The lowest BCUT2D eigenvalue weighted by Crippen LogP contribution is -2.00. The van der Waals surface area contributed by atoms with Gasteiger partial charge in [0.15, 0.2) is 0 Å². The minimum absolute atomic E-state index is 0.160. The second-order valence-corrected chi connectivity index (χ2v) is 4.46. The first-order valence-corrected chi connectivity index (χ1v) is 5.28. The van der Waals surface area contributed by atoms with Crippen LogP contribution < -0.4 is 0 Å². The van der Waals surface area contributed by atoms with Gasteiger partial charge in [-0.3, -0.25) is 0 Å². The minimum Gasteiger partial charge on any atom is -0.314 e. The van der Waals surface area contributed by atoms with E-state index in [0.717, 1.165) is 11.6 Å². The topological polar surface area (TPSA) is 37.3 Å². The second kappa shape index (κ2) is 3.25. The smallest absolute Gasteiger partial charge is 0.131 e. The first kappa shape index (κ1) is 9.22. The zero-order valence-corrected chi connectivity index (χ0v) is 7.34. The average molecular weight is 188 g/mol. The Morgan fingerprint density at radius 2 is 2.08 bits per heavy atom. The van der Waals surface area contributed by atoms with Gasteiger partial charge in [-0.05, 0) is 6.07 Å². The molecule has 1 aromatic carbocycles. The van der Waals surface area contributed by atoms with E-state index in [9.17, 15) is 8.60 Å². The highest BCUT2D eigenvalue weighted by Gasteiger charge is 1.98. The number of rotatable bonds is 1. The molecule has 0 aromatic heterocycles. The molecule has 0 saturated carbocycles. The van der Waals surface area contributed by atoms with Gasteiger partial charge in [0.25, 0.3) is 0 Å². The molecule has 1 N–H and O–H groups in total. The third kappa shape index (κ3) is 2.64. The molecule has 4 heteroatoms. The van der Waals surface area contributed by atoms with Crippen molar-refractivity contribution in [1.29, 1.82) is 0 Å². The third-order valence-electron chi connectivity index (χ3n) is 1.25. The van der Waals surface area contributed by atoms with Crippen LogP contribution in [-0.2, 0) is 9.80 Å². The van der Waals surface area contributed by atoms with E-state index in [0.29, 0.717) is 0 Å². The Balaban J connectivity index is 3.23. The monoisotopic (exact) mass is 188 g/mol. The maximum absolute atomic E-state index is 12.9. The standard InChI is InChI=1S/C8H9FO2S/c1-12(10,11)6-7-4-2-3-5-8(7)9/h2-6H,1H3,(H,10,11). The first-order chi connectivity index (χ1) is 5.49. The Kier molecular flexibility index (Phi) is 2.49. The van der Waals surface area contributed by atoms with Gasteiger partial charge in [0.1, 0.15) is 5.82 Å². The predicted octanol–water partition coefficient (Wildman–Crippen LogP) is 1.36. The van der Waals surface area contributed by atoms with Gasteiger partial charge in [0.05, 0.1) is 9.80 Å². The molecule has 0 bridgehead atoms. The van der Waals surface area contributed by atoms with Crippen LogP contribution in [0.1, 0.15) is 5.56 Å². The summed E-state index contributed by atoms with van der Waals surface area (Å²) in [5.74, 6) is -0.485. The van der Waals surface area contributed by atoms with Crippen molar-refractivity contribution >= 4 is 15.2 Å². The molecule has 0 spiro atoms. The van der Waals surface area contributed by atoms with Gasteiger partial charge in [0, 0.05) is 17.2 Å². The van der Waals surface area contributed by atoms with Crippen LogP contribution in [0.25, 0.3) is 0 Å². The zero-order chi connectivity index (χ0) is 9.19. The number of hydrogen-bond donors (Lipinski definition) is 1. The van der Waals surface area contributed by atoms with Gasteiger partial charge in [-0.2, -0.15) is 0 Å². The molecule has 0 aliphatic heterocycles. The maximum atomic E-state index is 12.9. The van der Waals surface area contributed by atoms with Crippen molar-refractivity contribution in [3.8, 4) is 0 Å². The molecule has 1 atom stereocenters. The summed E-state index contributed by atoms with van der Waals surface area (Å²) in [4.78, 5) is 0. The van der Waals surface area contributed by atoms with Crippen LogP contribution in [-0.4, -0.2) is 20.4 Å². The van der Waals surface area contributed by atoms with Gasteiger partial charge in [-0.1, -0.05) is 18.2 Å². The molecular formula is C8H9FO2S. The summed E-state index contributed by atoms with van der Waals surface area (Å²) in [5, 5.41) is 1.02.